The highest BCUT2D eigenvalue weighted by Crippen LogP contribution is 2.43. The van der Waals surface area contributed by atoms with Crippen molar-refractivity contribution in [2.75, 3.05) is 32.7 Å². The van der Waals surface area contributed by atoms with E-state index in [1.54, 1.807) is 11.8 Å². The van der Waals surface area contributed by atoms with E-state index in [9.17, 15) is 0 Å². The van der Waals surface area contributed by atoms with Gasteiger partial charge in [-0.05, 0) is 61.3 Å². The van der Waals surface area contributed by atoms with Crippen molar-refractivity contribution in [3.05, 3.63) is 53.4 Å². The second kappa shape index (κ2) is 10.6. The summed E-state index contributed by atoms with van der Waals surface area (Å²) < 4.78 is 0. The summed E-state index contributed by atoms with van der Waals surface area (Å²) in [5.74, 6) is -3.65. The Balaban J connectivity index is 0.000000408. The van der Waals surface area contributed by atoms with Crippen molar-refractivity contribution in [2.24, 2.45) is 10.4 Å². The molecule has 0 aliphatic carbocycles. The van der Waals surface area contributed by atoms with Gasteiger partial charge >= 0.3 is 11.9 Å². The van der Waals surface area contributed by atoms with Gasteiger partial charge in [-0.15, -0.1) is 0 Å². The smallest absolute Gasteiger partial charge is 0.414 e. The highest BCUT2D eigenvalue weighted by atomic mass is 32.2. The molecule has 8 heteroatoms. The molecule has 0 saturated carbocycles. The first-order chi connectivity index (χ1) is 16.4. The number of benzene rings is 2. The summed E-state index contributed by atoms with van der Waals surface area (Å²) in [4.78, 5) is 28.4. The van der Waals surface area contributed by atoms with Crippen LogP contribution in [0.3, 0.4) is 0 Å². The van der Waals surface area contributed by atoms with Crippen molar-refractivity contribution in [1.29, 1.82) is 0 Å². The molecule has 1 spiro atoms. The fourth-order valence-corrected chi connectivity index (χ4v) is 5.67. The third-order valence-corrected chi connectivity index (χ3v) is 7.72. The molecule has 34 heavy (non-hydrogen) atoms. The van der Waals surface area contributed by atoms with Gasteiger partial charge in [-0.2, -0.15) is 0 Å². The number of rotatable bonds is 4. The standard InChI is InChI=1S/C24H29N3S.C2H2O4/c1-2-3-12-26-13-10-24(11-14-26)17-25-23-27(18-24)22(16-28-23)21-9-8-19-6-4-5-7-20(19)15-21;3-1(4)2(5)6/h4-9,15-16H,2-3,10-14,17-18H2,1H3;(H,3,4)(H,5,6). The number of carboxylic acid groups (broad SMARTS) is 2. The van der Waals surface area contributed by atoms with Crippen LogP contribution in [0.5, 0.6) is 0 Å². The van der Waals surface area contributed by atoms with Crippen molar-refractivity contribution in [3.63, 3.8) is 0 Å². The van der Waals surface area contributed by atoms with E-state index in [0.29, 0.717) is 5.41 Å². The van der Waals surface area contributed by atoms with Gasteiger partial charge in [-0.1, -0.05) is 61.5 Å². The van der Waals surface area contributed by atoms with E-state index in [-0.39, 0.29) is 0 Å². The number of fused-ring (bicyclic) bond motifs is 2. The Kier molecular flexibility index (Phi) is 7.58. The predicted octanol–water partition coefficient (Wildman–Crippen LogP) is 4.59. The maximum atomic E-state index is 9.10. The summed E-state index contributed by atoms with van der Waals surface area (Å²) >= 11 is 1.80. The van der Waals surface area contributed by atoms with Crippen LogP contribution in [0.25, 0.3) is 16.5 Å². The number of thioether (sulfide) groups is 1. The SMILES string of the molecule is CCCCN1CCC2(CC1)CN=C1SC=C(c3ccc4ccccc4c3)N1C2.O=C(O)C(=O)O. The number of unbranched alkanes of at least 4 members (excludes halogenated alkanes) is 1. The summed E-state index contributed by atoms with van der Waals surface area (Å²) in [6.45, 7) is 8.16. The van der Waals surface area contributed by atoms with E-state index < -0.39 is 11.9 Å². The van der Waals surface area contributed by atoms with Crippen molar-refractivity contribution in [3.8, 4) is 0 Å². The molecule has 3 aliphatic heterocycles. The molecule has 0 amide bonds. The van der Waals surface area contributed by atoms with Crippen LogP contribution in [0.15, 0.2) is 52.9 Å². The highest BCUT2D eigenvalue weighted by molar-refractivity contribution is 8.16. The number of aliphatic carboxylic acids is 2. The Morgan fingerprint density at radius 2 is 1.76 bits per heavy atom. The molecule has 3 heterocycles. The fraction of sp³-hybridized carbons (Fsp3) is 0.423. The van der Waals surface area contributed by atoms with Gasteiger partial charge in [-0.3, -0.25) is 4.99 Å². The first-order valence-electron chi connectivity index (χ1n) is 11.8. The number of likely N-dealkylation sites (tertiary alicyclic amines) is 1. The van der Waals surface area contributed by atoms with Crippen LogP contribution in [0, 0.1) is 5.41 Å². The lowest BCUT2D eigenvalue weighted by molar-refractivity contribution is -0.159. The van der Waals surface area contributed by atoms with Crippen LogP contribution in [-0.2, 0) is 9.59 Å². The molecule has 0 unspecified atom stereocenters. The van der Waals surface area contributed by atoms with Gasteiger partial charge in [0.15, 0.2) is 5.17 Å². The summed E-state index contributed by atoms with van der Waals surface area (Å²) in [7, 11) is 0. The second-order valence-electron chi connectivity index (χ2n) is 9.17. The number of amidine groups is 1. The number of nitrogens with zero attached hydrogens (tertiary/aromatic N) is 3. The van der Waals surface area contributed by atoms with E-state index in [0.717, 1.165) is 13.1 Å². The van der Waals surface area contributed by atoms with E-state index >= 15 is 0 Å². The Hall–Kier alpha value is -2.84. The maximum Gasteiger partial charge on any atom is 0.414 e. The molecule has 2 aromatic rings. The van der Waals surface area contributed by atoms with Crippen LogP contribution in [0.4, 0.5) is 0 Å². The molecule has 1 saturated heterocycles. The number of carboxylic acids is 2. The minimum absolute atomic E-state index is 0.354. The second-order valence-corrected chi connectivity index (χ2v) is 10.0. The molecule has 2 aromatic carbocycles. The number of carbonyl (C=O) groups is 2. The molecular weight excluding hydrogens is 450 g/mol. The summed E-state index contributed by atoms with van der Waals surface area (Å²) in [6.07, 6.45) is 5.17. The lowest BCUT2D eigenvalue weighted by atomic mass is 9.77. The van der Waals surface area contributed by atoms with Crippen LogP contribution >= 0.6 is 11.8 Å². The fourth-order valence-electron chi connectivity index (χ4n) is 4.76. The van der Waals surface area contributed by atoms with Gasteiger partial charge in [-0.25, -0.2) is 9.59 Å². The van der Waals surface area contributed by atoms with Crippen LogP contribution in [-0.4, -0.2) is 69.8 Å². The third-order valence-electron chi connectivity index (χ3n) is 6.81. The third kappa shape index (κ3) is 5.45. The molecule has 0 radical (unpaired) electrons. The lowest BCUT2D eigenvalue weighted by Crippen LogP contribution is -2.50. The molecule has 7 nitrogen and oxygen atoms in total. The van der Waals surface area contributed by atoms with Gasteiger partial charge < -0.3 is 20.0 Å². The van der Waals surface area contributed by atoms with E-state index in [1.807, 2.05) is 0 Å². The molecule has 1 fully saturated rings. The Morgan fingerprint density at radius 1 is 1.06 bits per heavy atom. The van der Waals surface area contributed by atoms with Gasteiger partial charge in [0.2, 0.25) is 0 Å². The molecule has 3 aliphatic rings. The first kappa shape index (κ1) is 24.3. The van der Waals surface area contributed by atoms with Crippen LogP contribution in [0.1, 0.15) is 38.2 Å². The lowest BCUT2D eigenvalue weighted by Gasteiger charge is -2.46. The first-order valence-corrected chi connectivity index (χ1v) is 12.7. The van der Waals surface area contributed by atoms with E-state index in [2.05, 4.69) is 64.6 Å². The molecule has 180 valence electrons. The summed E-state index contributed by atoms with van der Waals surface area (Å²) in [6, 6.07) is 15.5. The largest absolute Gasteiger partial charge is 0.473 e. The minimum atomic E-state index is -1.82. The Morgan fingerprint density at radius 3 is 2.44 bits per heavy atom. The molecule has 0 aromatic heterocycles. The number of hydrogen-bond donors (Lipinski definition) is 2. The van der Waals surface area contributed by atoms with Gasteiger partial charge in [0.1, 0.15) is 0 Å². The zero-order valence-corrected chi connectivity index (χ0v) is 20.3. The highest BCUT2D eigenvalue weighted by Gasteiger charge is 2.42. The number of aliphatic imine (C=N–C) groups is 1. The molecule has 0 atom stereocenters. The predicted molar refractivity (Wildman–Crippen MR) is 137 cm³/mol. The molecule has 5 rings (SSSR count). The average Bonchev–Trinajstić information content (AvgIpc) is 3.26. The Labute approximate surface area is 204 Å². The van der Waals surface area contributed by atoms with Gasteiger partial charge in [0.05, 0.1) is 5.70 Å². The molecule has 2 N–H and O–H groups in total. The van der Waals surface area contributed by atoms with Crippen molar-refractivity contribution in [1.82, 2.24) is 9.80 Å². The van der Waals surface area contributed by atoms with Crippen molar-refractivity contribution >= 4 is 45.3 Å². The molecule has 0 bridgehead atoms. The summed E-state index contributed by atoms with van der Waals surface area (Å²) in [5, 5.41) is 20.9. The number of hydrogen-bond acceptors (Lipinski definition) is 6. The van der Waals surface area contributed by atoms with E-state index in [1.165, 1.54) is 72.5 Å². The van der Waals surface area contributed by atoms with Gasteiger partial charge in [0, 0.05) is 23.9 Å². The number of piperidine rings is 1. The normalized spacial score (nSPS) is 19.1. The van der Waals surface area contributed by atoms with Crippen molar-refractivity contribution < 1.29 is 19.8 Å². The Bertz CT molecular complexity index is 1110. The van der Waals surface area contributed by atoms with Crippen LogP contribution < -0.4 is 0 Å². The van der Waals surface area contributed by atoms with Crippen LogP contribution in [0.2, 0.25) is 0 Å². The topological polar surface area (TPSA) is 93.4 Å². The average molecular weight is 482 g/mol. The zero-order valence-electron chi connectivity index (χ0n) is 19.4. The zero-order chi connectivity index (χ0) is 24.1. The molecular formula is C26H31N3O4S. The van der Waals surface area contributed by atoms with E-state index in [4.69, 9.17) is 24.8 Å². The van der Waals surface area contributed by atoms with Gasteiger partial charge in [0.25, 0.3) is 0 Å². The maximum absolute atomic E-state index is 9.10. The minimum Gasteiger partial charge on any atom is -0.473 e. The quantitative estimate of drug-likeness (QED) is 0.617. The monoisotopic (exact) mass is 481 g/mol. The summed E-state index contributed by atoms with van der Waals surface area (Å²) in [5.41, 5.74) is 3.00. The van der Waals surface area contributed by atoms with Crippen molar-refractivity contribution in [2.45, 2.75) is 32.6 Å².